The number of nitrogens with zero attached hydrogens (tertiary/aromatic N) is 2. The van der Waals surface area contributed by atoms with Crippen LogP contribution in [0.2, 0.25) is 0 Å². The minimum atomic E-state index is -0.828. The normalized spacial score (nSPS) is 11.9. The van der Waals surface area contributed by atoms with Crippen LogP contribution in [0.15, 0.2) is 18.3 Å². The summed E-state index contributed by atoms with van der Waals surface area (Å²) >= 11 is 0. The van der Waals surface area contributed by atoms with Gasteiger partial charge in [-0.2, -0.15) is 5.26 Å². The molecule has 0 radical (unpaired) electrons. The topological polar surface area (TPSA) is 86.0 Å². The van der Waals surface area contributed by atoms with E-state index >= 15 is 0 Å². The summed E-state index contributed by atoms with van der Waals surface area (Å²) in [6.45, 7) is 4.24. The molecule has 0 saturated heterocycles. The van der Waals surface area contributed by atoms with Crippen molar-refractivity contribution in [2.24, 2.45) is 11.8 Å². The average Bonchev–Trinajstić information content (AvgIpc) is 2.34. The highest BCUT2D eigenvalue weighted by molar-refractivity contribution is 5.71. The van der Waals surface area contributed by atoms with Gasteiger partial charge in [0.05, 0.1) is 11.5 Å². The fourth-order valence-corrected chi connectivity index (χ4v) is 1.70. The minimum absolute atomic E-state index is 0.277. The number of aromatic nitrogens is 1. The molecule has 0 aliphatic heterocycles. The average molecular weight is 247 g/mol. The molecule has 2 N–H and O–H groups in total. The van der Waals surface area contributed by atoms with E-state index in [4.69, 9.17) is 10.4 Å². The Kier molecular flexibility index (Phi) is 5.12. The molecule has 0 spiro atoms. The molecule has 0 saturated carbocycles. The van der Waals surface area contributed by atoms with Crippen LogP contribution >= 0.6 is 0 Å². The second kappa shape index (κ2) is 6.60. The Morgan fingerprint density at radius 2 is 2.33 bits per heavy atom. The van der Waals surface area contributed by atoms with E-state index in [1.54, 1.807) is 18.3 Å². The second-order valence-corrected chi connectivity index (χ2v) is 4.56. The fraction of sp³-hybridized carbons (Fsp3) is 0.462. The number of anilines is 1. The first-order chi connectivity index (χ1) is 8.54. The summed E-state index contributed by atoms with van der Waals surface area (Å²) in [7, 11) is 0. The summed E-state index contributed by atoms with van der Waals surface area (Å²) in [5, 5.41) is 20.9. The van der Waals surface area contributed by atoms with Crippen LogP contribution in [-0.2, 0) is 4.79 Å². The number of rotatable bonds is 6. The maximum Gasteiger partial charge on any atom is 0.308 e. The molecule has 5 nitrogen and oxygen atoms in total. The van der Waals surface area contributed by atoms with Crippen LogP contribution in [0.3, 0.4) is 0 Å². The zero-order valence-electron chi connectivity index (χ0n) is 10.6. The molecule has 5 heteroatoms. The third kappa shape index (κ3) is 4.06. The lowest BCUT2D eigenvalue weighted by Crippen LogP contribution is -2.25. The van der Waals surface area contributed by atoms with Gasteiger partial charge in [0.15, 0.2) is 0 Å². The number of hydrogen-bond acceptors (Lipinski definition) is 4. The Bertz CT molecular complexity index is 452. The van der Waals surface area contributed by atoms with Crippen molar-refractivity contribution >= 4 is 11.8 Å². The van der Waals surface area contributed by atoms with Gasteiger partial charge in [0.1, 0.15) is 11.9 Å². The smallest absolute Gasteiger partial charge is 0.308 e. The van der Waals surface area contributed by atoms with Crippen LogP contribution in [0.5, 0.6) is 0 Å². The molecule has 1 rings (SSSR count). The van der Waals surface area contributed by atoms with E-state index in [1.807, 2.05) is 19.9 Å². The van der Waals surface area contributed by atoms with Gasteiger partial charge >= 0.3 is 5.97 Å². The maximum atomic E-state index is 11.1. The predicted octanol–water partition coefficient (Wildman–Crippen LogP) is 2.11. The SMILES string of the molecule is CC(C)CC(CNc1ncccc1C#N)C(=O)O. The first-order valence-electron chi connectivity index (χ1n) is 5.86. The van der Waals surface area contributed by atoms with Crippen molar-refractivity contribution in [2.75, 3.05) is 11.9 Å². The van der Waals surface area contributed by atoms with Gasteiger partial charge in [0.25, 0.3) is 0 Å². The van der Waals surface area contributed by atoms with Crippen molar-refractivity contribution in [1.82, 2.24) is 4.98 Å². The number of carboxylic acid groups (broad SMARTS) is 1. The van der Waals surface area contributed by atoms with Gasteiger partial charge in [-0.1, -0.05) is 13.8 Å². The lowest BCUT2D eigenvalue weighted by Gasteiger charge is -2.16. The Hall–Kier alpha value is -2.09. The van der Waals surface area contributed by atoms with Crippen molar-refractivity contribution in [3.63, 3.8) is 0 Å². The lowest BCUT2D eigenvalue weighted by molar-refractivity contribution is -0.141. The minimum Gasteiger partial charge on any atom is -0.481 e. The van der Waals surface area contributed by atoms with Crippen LogP contribution in [0.1, 0.15) is 25.8 Å². The van der Waals surface area contributed by atoms with Crippen LogP contribution < -0.4 is 5.32 Å². The molecule has 0 aromatic carbocycles. The van der Waals surface area contributed by atoms with E-state index in [0.29, 0.717) is 23.7 Å². The number of carboxylic acids is 1. The molecule has 18 heavy (non-hydrogen) atoms. The highest BCUT2D eigenvalue weighted by atomic mass is 16.4. The number of aliphatic carboxylic acids is 1. The second-order valence-electron chi connectivity index (χ2n) is 4.56. The van der Waals surface area contributed by atoms with Gasteiger partial charge in [-0.05, 0) is 24.5 Å². The zero-order chi connectivity index (χ0) is 13.5. The van der Waals surface area contributed by atoms with Crippen LogP contribution in [-0.4, -0.2) is 22.6 Å². The maximum absolute atomic E-state index is 11.1. The van der Waals surface area contributed by atoms with E-state index in [9.17, 15) is 4.79 Å². The Morgan fingerprint density at radius 3 is 2.89 bits per heavy atom. The van der Waals surface area contributed by atoms with Crippen molar-refractivity contribution in [3.8, 4) is 6.07 Å². The van der Waals surface area contributed by atoms with E-state index < -0.39 is 11.9 Å². The molecule has 0 fully saturated rings. The molecular formula is C13H17N3O2. The first kappa shape index (κ1) is 14.0. The standard InChI is InChI=1S/C13H17N3O2/c1-9(2)6-11(13(17)18)8-16-12-10(7-14)4-3-5-15-12/h3-5,9,11H,6,8H2,1-2H3,(H,15,16)(H,17,18). The molecule has 0 amide bonds. The van der Waals surface area contributed by atoms with E-state index in [0.717, 1.165) is 0 Å². The summed E-state index contributed by atoms with van der Waals surface area (Å²) in [5.41, 5.74) is 0.422. The highest BCUT2D eigenvalue weighted by Gasteiger charge is 2.19. The first-order valence-corrected chi connectivity index (χ1v) is 5.86. The number of nitriles is 1. The molecule has 0 bridgehead atoms. The molecule has 1 atom stereocenters. The molecule has 1 unspecified atom stereocenters. The fourth-order valence-electron chi connectivity index (χ4n) is 1.70. The summed E-state index contributed by atoms with van der Waals surface area (Å²) < 4.78 is 0. The summed E-state index contributed by atoms with van der Waals surface area (Å²) in [6, 6.07) is 5.34. The molecule has 1 aromatic heterocycles. The third-order valence-corrected chi connectivity index (χ3v) is 2.55. The van der Waals surface area contributed by atoms with Crippen molar-refractivity contribution < 1.29 is 9.90 Å². The summed E-state index contributed by atoms with van der Waals surface area (Å²) in [6.07, 6.45) is 2.17. The van der Waals surface area contributed by atoms with Crippen LogP contribution in [0, 0.1) is 23.2 Å². The third-order valence-electron chi connectivity index (χ3n) is 2.55. The van der Waals surface area contributed by atoms with Crippen molar-refractivity contribution in [2.45, 2.75) is 20.3 Å². The van der Waals surface area contributed by atoms with Gasteiger partial charge in [-0.3, -0.25) is 4.79 Å². The largest absolute Gasteiger partial charge is 0.481 e. The molecule has 0 aliphatic carbocycles. The molecule has 0 aliphatic rings. The van der Waals surface area contributed by atoms with Crippen molar-refractivity contribution in [3.05, 3.63) is 23.9 Å². The van der Waals surface area contributed by atoms with Crippen molar-refractivity contribution in [1.29, 1.82) is 5.26 Å². The number of pyridine rings is 1. The van der Waals surface area contributed by atoms with Crippen LogP contribution in [0.25, 0.3) is 0 Å². The Labute approximate surface area is 106 Å². The van der Waals surface area contributed by atoms with Gasteiger partial charge in [0, 0.05) is 12.7 Å². The van der Waals surface area contributed by atoms with Crippen LogP contribution in [0.4, 0.5) is 5.82 Å². The van der Waals surface area contributed by atoms with E-state index in [2.05, 4.69) is 10.3 Å². The highest BCUT2D eigenvalue weighted by Crippen LogP contribution is 2.15. The van der Waals surface area contributed by atoms with E-state index in [1.165, 1.54) is 0 Å². The van der Waals surface area contributed by atoms with Gasteiger partial charge in [0.2, 0.25) is 0 Å². The quantitative estimate of drug-likeness (QED) is 0.804. The molecule has 1 aromatic rings. The molecular weight excluding hydrogens is 230 g/mol. The molecule has 1 heterocycles. The number of carbonyl (C=O) groups is 1. The van der Waals surface area contributed by atoms with Gasteiger partial charge < -0.3 is 10.4 Å². The lowest BCUT2D eigenvalue weighted by atomic mass is 9.97. The summed E-state index contributed by atoms with van der Waals surface area (Å²) in [5.74, 6) is -0.550. The summed E-state index contributed by atoms with van der Waals surface area (Å²) in [4.78, 5) is 15.1. The Morgan fingerprint density at radius 1 is 1.61 bits per heavy atom. The van der Waals surface area contributed by atoms with E-state index in [-0.39, 0.29) is 6.54 Å². The zero-order valence-corrected chi connectivity index (χ0v) is 10.6. The Balaban J connectivity index is 2.67. The van der Waals surface area contributed by atoms with Gasteiger partial charge in [-0.15, -0.1) is 0 Å². The molecule has 96 valence electrons. The number of hydrogen-bond donors (Lipinski definition) is 2. The van der Waals surface area contributed by atoms with Gasteiger partial charge in [-0.25, -0.2) is 4.98 Å². The number of nitrogens with one attached hydrogen (secondary N) is 1. The predicted molar refractivity (Wildman–Crippen MR) is 68.0 cm³/mol. The monoisotopic (exact) mass is 247 g/mol.